The van der Waals surface area contributed by atoms with Gasteiger partial charge in [-0.05, 0) is 13.8 Å². The number of alkyl halides is 3. The summed E-state index contributed by atoms with van der Waals surface area (Å²) in [5, 5.41) is 5.13. The van der Waals surface area contributed by atoms with Crippen molar-refractivity contribution in [3.8, 4) is 0 Å². The van der Waals surface area contributed by atoms with Crippen LogP contribution in [0.4, 0.5) is 24.8 Å². The molecule has 0 saturated carbocycles. The first-order valence-electron chi connectivity index (χ1n) is 5.74. The third-order valence-corrected chi connectivity index (χ3v) is 2.55. The van der Waals surface area contributed by atoms with Gasteiger partial charge < -0.3 is 16.4 Å². The number of anilines is 2. The minimum atomic E-state index is -4.68. The molecule has 9 heteroatoms. The number of aromatic nitrogens is 2. The molecule has 1 rings (SSSR count). The Morgan fingerprint density at radius 3 is 2.45 bits per heavy atom. The van der Waals surface area contributed by atoms with E-state index >= 15 is 0 Å². The number of nitrogens with two attached hydrogens (primary N) is 1. The van der Waals surface area contributed by atoms with E-state index in [0.717, 1.165) is 0 Å². The summed E-state index contributed by atoms with van der Waals surface area (Å²) in [6, 6.07) is 1.18. The average Bonchev–Trinajstić information content (AvgIpc) is 2.33. The Morgan fingerprint density at radius 2 is 1.95 bits per heavy atom. The van der Waals surface area contributed by atoms with Gasteiger partial charge in [0.05, 0.1) is 5.41 Å². The first-order valence-corrected chi connectivity index (χ1v) is 5.74. The molecule has 0 fully saturated rings. The van der Waals surface area contributed by atoms with E-state index in [4.69, 9.17) is 5.73 Å². The van der Waals surface area contributed by atoms with Crippen LogP contribution in [-0.2, 0) is 11.0 Å². The van der Waals surface area contributed by atoms with Gasteiger partial charge in [-0.1, -0.05) is 0 Å². The van der Waals surface area contributed by atoms with Gasteiger partial charge in [-0.2, -0.15) is 13.2 Å². The summed E-state index contributed by atoms with van der Waals surface area (Å²) in [7, 11) is 1.48. The van der Waals surface area contributed by atoms with Crippen LogP contribution in [-0.4, -0.2) is 29.5 Å². The number of carbonyl (C=O) groups excluding carboxylic acids is 1. The molecule has 1 aromatic rings. The van der Waals surface area contributed by atoms with Crippen molar-refractivity contribution >= 4 is 17.5 Å². The summed E-state index contributed by atoms with van der Waals surface area (Å²) in [6.45, 7) is 3.39. The monoisotopic (exact) mass is 291 g/mol. The van der Waals surface area contributed by atoms with Crippen molar-refractivity contribution in [1.29, 1.82) is 0 Å². The van der Waals surface area contributed by atoms with E-state index in [2.05, 4.69) is 20.6 Å². The summed E-state index contributed by atoms with van der Waals surface area (Å²) < 4.78 is 37.6. The Balaban J connectivity index is 2.89. The summed E-state index contributed by atoms with van der Waals surface area (Å²) >= 11 is 0. The number of hydrogen-bond acceptors (Lipinski definition) is 5. The molecular formula is C11H16F3N5O. The van der Waals surface area contributed by atoms with Crippen LogP contribution in [0.5, 0.6) is 0 Å². The van der Waals surface area contributed by atoms with Gasteiger partial charge in [0.1, 0.15) is 11.6 Å². The topological polar surface area (TPSA) is 92.9 Å². The number of hydrogen-bond donors (Lipinski definition) is 3. The van der Waals surface area contributed by atoms with E-state index in [-0.39, 0.29) is 24.1 Å². The largest absolute Gasteiger partial charge is 0.451 e. The number of halogens is 3. The zero-order valence-corrected chi connectivity index (χ0v) is 11.3. The number of carbonyl (C=O) groups is 1. The van der Waals surface area contributed by atoms with E-state index in [1.807, 2.05) is 0 Å². The van der Waals surface area contributed by atoms with Crippen molar-refractivity contribution in [1.82, 2.24) is 15.3 Å². The quantitative estimate of drug-likeness (QED) is 0.776. The second-order valence-electron chi connectivity index (χ2n) is 4.82. The van der Waals surface area contributed by atoms with E-state index in [0.29, 0.717) is 0 Å². The Bertz CT molecular complexity index is 501. The first-order chi connectivity index (χ1) is 9.06. The van der Waals surface area contributed by atoms with Crippen molar-refractivity contribution in [3.05, 3.63) is 11.9 Å². The maximum Gasteiger partial charge on any atom is 0.451 e. The van der Waals surface area contributed by atoms with Gasteiger partial charge in [0.15, 0.2) is 0 Å². The highest BCUT2D eigenvalue weighted by atomic mass is 19.4. The number of nitrogen functional groups attached to an aromatic ring is 1. The minimum absolute atomic E-state index is 0.0817. The van der Waals surface area contributed by atoms with Crippen molar-refractivity contribution < 1.29 is 18.0 Å². The number of amides is 1. The van der Waals surface area contributed by atoms with Crippen LogP contribution in [0.15, 0.2) is 6.07 Å². The molecule has 0 bridgehead atoms. The Kier molecular flexibility index (Phi) is 4.41. The Morgan fingerprint density at radius 1 is 1.35 bits per heavy atom. The van der Waals surface area contributed by atoms with Crippen molar-refractivity contribution in [2.75, 3.05) is 24.6 Å². The standard InChI is InChI=1S/C11H16F3N5O/c1-10(2,9(20)16-3)5-17-7-4-6(15)18-8(19-7)11(12,13)14/h4H,5H2,1-3H3,(H,16,20)(H3,15,17,18,19). The third-order valence-electron chi connectivity index (χ3n) is 2.55. The molecule has 4 N–H and O–H groups in total. The van der Waals surface area contributed by atoms with E-state index < -0.39 is 17.4 Å². The molecule has 0 radical (unpaired) electrons. The van der Waals surface area contributed by atoms with Crippen LogP contribution < -0.4 is 16.4 Å². The van der Waals surface area contributed by atoms with Crippen LogP contribution in [0.2, 0.25) is 0 Å². The molecule has 0 aromatic carbocycles. The van der Waals surface area contributed by atoms with Crippen LogP contribution in [0, 0.1) is 5.41 Å². The van der Waals surface area contributed by atoms with Gasteiger partial charge >= 0.3 is 6.18 Å². The zero-order chi connectivity index (χ0) is 15.6. The maximum atomic E-state index is 12.5. The summed E-state index contributed by atoms with van der Waals surface area (Å²) in [4.78, 5) is 18.0. The normalized spacial score (nSPS) is 12.1. The summed E-state index contributed by atoms with van der Waals surface area (Å²) in [6.07, 6.45) is -4.68. The fourth-order valence-electron chi connectivity index (χ4n) is 1.41. The molecule has 0 atom stereocenters. The number of nitrogens with one attached hydrogen (secondary N) is 2. The SMILES string of the molecule is CNC(=O)C(C)(C)CNc1cc(N)nc(C(F)(F)F)n1. The molecule has 0 aliphatic heterocycles. The molecule has 1 heterocycles. The molecule has 1 amide bonds. The molecule has 0 aliphatic carbocycles. The van der Waals surface area contributed by atoms with Crippen LogP contribution in [0.1, 0.15) is 19.7 Å². The lowest BCUT2D eigenvalue weighted by atomic mass is 9.92. The van der Waals surface area contributed by atoms with Crippen molar-refractivity contribution in [3.63, 3.8) is 0 Å². The van der Waals surface area contributed by atoms with Gasteiger partial charge in [-0.25, -0.2) is 9.97 Å². The fourth-order valence-corrected chi connectivity index (χ4v) is 1.41. The highest BCUT2D eigenvalue weighted by molar-refractivity contribution is 5.82. The van der Waals surface area contributed by atoms with Gasteiger partial charge in [0, 0.05) is 19.7 Å². The lowest BCUT2D eigenvalue weighted by Crippen LogP contribution is -2.39. The Labute approximate surface area is 114 Å². The van der Waals surface area contributed by atoms with Crippen molar-refractivity contribution in [2.45, 2.75) is 20.0 Å². The van der Waals surface area contributed by atoms with E-state index in [1.54, 1.807) is 13.8 Å². The van der Waals surface area contributed by atoms with E-state index in [1.165, 1.54) is 13.1 Å². The molecule has 0 spiro atoms. The van der Waals surface area contributed by atoms with Crippen LogP contribution in [0.3, 0.4) is 0 Å². The smallest absolute Gasteiger partial charge is 0.384 e. The summed E-state index contributed by atoms with van der Waals surface area (Å²) in [5.74, 6) is -1.95. The highest BCUT2D eigenvalue weighted by Crippen LogP contribution is 2.28. The average molecular weight is 291 g/mol. The van der Waals surface area contributed by atoms with Gasteiger partial charge in [0.2, 0.25) is 11.7 Å². The lowest BCUT2D eigenvalue weighted by molar-refractivity contribution is -0.144. The highest BCUT2D eigenvalue weighted by Gasteiger charge is 2.35. The fraction of sp³-hybridized carbons (Fsp3) is 0.545. The predicted octanol–water partition coefficient (Wildman–Crippen LogP) is 1.26. The van der Waals surface area contributed by atoms with Gasteiger partial charge in [0.25, 0.3) is 0 Å². The summed E-state index contributed by atoms with van der Waals surface area (Å²) in [5.41, 5.74) is 4.50. The predicted molar refractivity (Wildman–Crippen MR) is 67.8 cm³/mol. The Hall–Kier alpha value is -2.06. The molecule has 0 saturated heterocycles. The molecule has 1 aromatic heterocycles. The van der Waals surface area contributed by atoms with Crippen LogP contribution in [0.25, 0.3) is 0 Å². The molecule has 6 nitrogen and oxygen atoms in total. The van der Waals surface area contributed by atoms with E-state index in [9.17, 15) is 18.0 Å². The second kappa shape index (κ2) is 5.51. The number of nitrogens with zero attached hydrogens (tertiary/aromatic N) is 2. The van der Waals surface area contributed by atoms with Gasteiger partial charge in [-0.3, -0.25) is 4.79 Å². The maximum absolute atomic E-state index is 12.5. The van der Waals surface area contributed by atoms with Crippen molar-refractivity contribution in [2.24, 2.45) is 5.41 Å². The zero-order valence-electron chi connectivity index (χ0n) is 11.3. The second-order valence-corrected chi connectivity index (χ2v) is 4.82. The third kappa shape index (κ3) is 3.97. The molecule has 0 aliphatic rings. The first kappa shape index (κ1) is 16.0. The molecular weight excluding hydrogens is 275 g/mol. The molecule has 0 unspecified atom stereocenters. The number of rotatable bonds is 4. The van der Waals surface area contributed by atoms with Gasteiger partial charge in [-0.15, -0.1) is 0 Å². The molecule has 112 valence electrons. The van der Waals surface area contributed by atoms with Crippen LogP contribution >= 0.6 is 0 Å². The minimum Gasteiger partial charge on any atom is -0.384 e. The lowest BCUT2D eigenvalue weighted by Gasteiger charge is -2.23. The molecule has 20 heavy (non-hydrogen) atoms.